The first-order valence-electron chi connectivity index (χ1n) is 12.8. The molecular weight excluding hydrogens is 436 g/mol. The van der Waals surface area contributed by atoms with E-state index in [2.05, 4.69) is 46.5 Å². The molecule has 182 valence electrons. The molecule has 1 saturated heterocycles. The SMILES string of the molecule is CCCCc1cc(CC)cc(Nc2nc(Nc3ccn4ccnc4c3)cc(N3CCCCC3)n2)n1. The maximum Gasteiger partial charge on any atom is 0.232 e. The number of fused-ring (bicyclic) bond motifs is 1. The van der Waals surface area contributed by atoms with Crippen LogP contribution in [-0.4, -0.2) is 37.4 Å². The number of aromatic nitrogens is 5. The third-order valence-corrected chi connectivity index (χ3v) is 6.44. The quantitative estimate of drug-likeness (QED) is 0.315. The molecule has 1 fully saturated rings. The van der Waals surface area contributed by atoms with Crippen LogP contribution in [0, 0.1) is 0 Å². The molecule has 0 aromatic carbocycles. The monoisotopic (exact) mass is 470 g/mol. The van der Waals surface area contributed by atoms with E-state index in [4.69, 9.17) is 15.0 Å². The summed E-state index contributed by atoms with van der Waals surface area (Å²) in [6.07, 6.45) is 13.6. The molecular formula is C27H34N8. The Morgan fingerprint density at radius 2 is 1.74 bits per heavy atom. The van der Waals surface area contributed by atoms with Gasteiger partial charge in [-0.1, -0.05) is 20.3 Å². The standard InChI is InChI=1S/C27H34N8/c1-3-5-9-21-16-20(4-2)17-23(29-21)31-27-32-24(19-26(33-27)34-12-7-6-8-13-34)30-22-10-14-35-15-11-28-25(35)18-22/h10-11,14-19H,3-9,12-13H2,1-2H3,(H2,29,30,31,32,33). The van der Waals surface area contributed by atoms with Crippen molar-refractivity contribution < 1.29 is 0 Å². The lowest BCUT2D eigenvalue weighted by Gasteiger charge is -2.28. The van der Waals surface area contributed by atoms with Crippen LogP contribution in [0.5, 0.6) is 0 Å². The predicted molar refractivity (Wildman–Crippen MR) is 142 cm³/mol. The van der Waals surface area contributed by atoms with E-state index in [-0.39, 0.29) is 0 Å². The van der Waals surface area contributed by atoms with Gasteiger partial charge in [0, 0.05) is 55.2 Å². The van der Waals surface area contributed by atoms with Crippen LogP contribution >= 0.6 is 0 Å². The average Bonchev–Trinajstić information content (AvgIpc) is 3.36. The van der Waals surface area contributed by atoms with E-state index in [0.29, 0.717) is 5.95 Å². The maximum atomic E-state index is 4.89. The van der Waals surface area contributed by atoms with Gasteiger partial charge in [0.05, 0.1) is 0 Å². The molecule has 8 heteroatoms. The Labute approximate surface area is 206 Å². The topological polar surface area (TPSA) is 83.3 Å². The van der Waals surface area contributed by atoms with E-state index < -0.39 is 0 Å². The highest BCUT2D eigenvalue weighted by Gasteiger charge is 2.16. The molecule has 1 aliphatic heterocycles. The van der Waals surface area contributed by atoms with E-state index in [9.17, 15) is 0 Å². The fourth-order valence-corrected chi connectivity index (χ4v) is 4.49. The number of hydrogen-bond acceptors (Lipinski definition) is 7. The molecule has 4 aromatic heterocycles. The van der Waals surface area contributed by atoms with Crippen LogP contribution in [0.25, 0.3) is 5.65 Å². The fraction of sp³-hybridized carbons (Fsp3) is 0.407. The van der Waals surface area contributed by atoms with Crippen molar-refractivity contribution in [3.8, 4) is 0 Å². The largest absolute Gasteiger partial charge is 0.356 e. The predicted octanol–water partition coefficient (Wildman–Crippen LogP) is 5.90. The Balaban J connectivity index is 1.46. The number of hydrogen-bond donors (Lipinski definition) is 2. The van der Waals surface area contributed by atoms with Gasteiger partial charge in [-0.15, -0.1) is 0 Å². The summed E-state index contributed by atoms with van der Waals surface area (Å²) < 4.78 is 1.99. The van der Waals surface area contributed by atoms with Gasteiger partial charge < -0.3 is 19.9 Å². The lowest BCUT2D eigenvalue weighted by atomic mass is 10.1. The number of unbranched alkanes of at least 4 members (excludes halogenated alkanes) is 1. The van der Waals surface area contributed by atoms with Crippen LogP contribution in [0.2, 0.25) is 0 Å². The molecule has 0 saturated carbocycles. The van der Waals surface area contributed by atoms with Crippen molar-refractivity contribution in [3.63, 3.8) is 0 Å². The minimum atomic E-state index is 0.555. The third kappa shape index (κ3) is 5.70. The summed E-state index contributed by atoms with van der Waals surface area (Å²) in [5, 5.41) is 6.87. The van der Waals surface area contributed by atoms with Crippen LogP contribution < -0.4 is 15.5 Å². The summed E-state index contributed by atoms with van der Waals surface area (Å²) in [7, 11) is 0. The molecule has 0 spiro atoms. The molecule has 0 atom stereocenters. The van der Waals surface area contributed by atoms with E-state index >= 15 is 0 Å². The summed E-state index contributed by atoms with van der Waals surface area (Å²) in [5.41, 5.74) is 4.21. The first-order chi connectivity index (χ1) is 17.2. The number of nitrogens with one attached hydrogen (secondary N) is 2. The number of aryl methyl sites for hydroxylation is 2. The molecule has 4 aromatic rings. The summed E-state index contributed by atoms with van der Waals surface area (Å²) in [6.45, 7) is 6.41. The molecule has 5 heterocycles. The zero-order valence-corrected chi connectivity index (χ0v) is 20.7. The Hall–Kier alpha value is -3.68. The summed E-state index contributed by atoms with van der Waals surface area (Å²) >= 11 is 0. The zero-order valence-electron chi connectivity index (χ0n) is 20.7. The highest BCUT2D eigenvalue weighted by atomic mass is 15.3. The zero-order chi connectivity index (χ0) is 24.0. The Bertz CT molecular complexity index is 1280. The summed E-state index contributed by atoms with van der Waals surface area (Å²) in [4.78, 5) is 21.3. The molecule has 5 rings (SSSR count). The minimum Gasteiger partial charge on any atom is -0.356 e. The Morgan fingerprint density at radius 3 is 2.57 bits per heavy atom. The van der Waals surface area contributed by atoms with Gasteiger partial charge in [-0.3, -0.25) is 0 Å². The number of anilines is 5. The Morgan fingerprint density at radius 1 is 0.886 bits per heavy atom. The van der Waals surface area contributed by atoms with Crippen molar-refractivity contribution in [1.82, 2.24) is 24.3 Å². The summed E-state index contributed by atoms with van der Waals surface area (Å²) in [6, 6.07) is 10.4. The van der Waals surface area contributed by atoms with Crippen LogP contribution in [-0.2, 0) is 12.8 Å². The lowest BCUT2D eigenvalue weighted by Crippen LogP contribution is -2.30. The van der Waals surface area contributed by atoms with Crippen molar-refractivity contribution in [2.75, 3.05) is 28.6 Å². The van der Waals surface area contributed by atoms with Gasteiger partial charge in [0.15, 0.2) is 0 Å². The first kappa shape index (κ1) is 23.1. The molecule has 0 amide bonds. The number of nitrogens with zero attached hydrogens (tertiary/aromatic N) is 6. The fourth-order valence-electron chi connectivity index (χ4n) is 4.49. The first-order valence-corrected chi connectivity index (χ1v) is 12.8. The van der Waals surface area contributed by atoms with Gasteiger partial charge in [0.2, 0.25) is 5.95 Å². The second-order valence-corrected chi connectivity index (χ2v) is 9.15. The highest BCUT2D eigenvalue weighted by Crippen LogP contribution is 2.26. The molecule has 2 N–H and O–H groups in total. The van der Waals surface area contributed by atoms with Gasteiger partial charge >= 0.3 is 0 Å². The molecule has 8 nitrogen and oxygen atoms in total. The highest BCUT2D eigenvalue weighted by molar-refractivity contribution is 5.66. The van der Waals surface area contributed by atoms with Gasteiger partial charge in [-0.2, -0.15) is 9.97 Å². The molecule has 1 aliphatic rings. The molecule has 0 radical (unpaired) electrons. The van der Waals surface area contributed by atoms with Crippen LogP contribution in [0.4, 0.5) is 29.1 Å². The van der Waals surface area contributed by atoms with Gasteiger partial charge in [0.25, 0.3) is 0 Å². The second-order valence-electron chi connectivity index (χ2n) is 9.15. The lowest BCUT2D eigenvalue weighted by molar-refractivity contribution is 0.573. The normalized spacial score (nSPS) is 13.8. The Kier molecular flexibility index (Phi) is 7.07. The smallest absolute Gasteiger partial charge is 0.232 e. The van der Waals surface area contributed by atoms with Crippen molar-refractivity contribution in [2.24, 2.45) is 0 Å². The van der Waals surface area contributed by atoms with Crippen LogP contribution in [0.3, 0.4) is 0 Å². The van der Waals surface area contributed by atoms with Gasteiger partial charge in [-0.25, -0.2) is 9.97 Å². The number of pyridine rings is 2. The minimum absolute atomic E-state index is 0.555. The van der Waals surface area contributed by atoms with Gasteiger partial charge in [0.1, 0.15) is 23.1 Å². The van der Waals surface area contributed by atoms with E-state index in [1.807, 2.05) is 35.0 Å². The average molecular weight is 471 g/mol. The van der Waals surface area contributed by atoms with Crippen LogP contribution in [0.15, 0.2) is 48.9 Å². The summed E-state index contributed by atoms with van der Waals surface area (Å²) in [5.74, 6) is 3.04. The van der Waals surface area contributed by atoms with Crippen LogP contribution in [0.1, 0.15) is 57.2 Å². The molecule has 35 heavy (non-hydrogen) atoms. The number of piperidine rings is 1. The van der Waals surface area contributed by atoms with Gasteiger partial charge in [-0.05, 0) is 62.3 Å². The van der Waals surface area contributed by atoms with E-state index in [1.54, 1.807) is 6.20 Å². The molecule has 0 bridgehead atoms. The van der Waals surface area contributed by atoms with Crippen molar-refractivity contribution >= 4 is 34.7 Å². The number of imidazole rings is 1. The number of rotatable bonds is 9. The third-order valence-electron chi connectivity index (χ3n) is 6.44. The molecule has 0 aliphatic carbocycles. The van der Waals surface area contributed by atoms with Crippen molar-refractivity contribution in [1.29, 1.82) is 0 Å². The van der Waals surface area contributed by atoms with E-state index in [1.165, 1.54) is 24.8 Å². The van der Waals surface area contributed by atoms with Crippen molar-refractivity contribution in [3.05, 3.63) is 60.2 Å². The van der Waals surface area contributed by atoms with E-state index in [0.717, 1.165) is 73.3 Å². The van der Waals surface area contributed by atoms with Crippen molar-refractivity contribution in [2.45, 2.75) is 58.8 Å². The maximum absolute atomic E-state index is 4.89. The molecule has 0 unspecified atom stereocenters. The second kappa shape index (κ2) is 10.7.